The van der Waals surface area contributed by atoms with Gasteiger partial charge in [0, 0.05) is 12.7 Å². The first-order valence-electron chi connectivity index (χ1n) is 7.91. The number of hydrogen-bond acceptors (Lipinski definition) is 5. The smallest absolute Gasteiger partial charge is 0.175 e. The van der Waals surface area contributed by atoms with Gasteiger partial charge < -0.3 is 4.90 Å². The van der Waals surface area contributed by atoms with Crippen LogP contribution in [0.2, 0.25) is 0 Å². The molecule has 1 saturated heterocycles. The summed E-state index contributed by atoms with van der Waals surface area (Å²) in [5.41, 5.74) is 2.00. The summed E-state index contributed by atoms with van der Waals surface area (Å²) in [4.78, 5) is 6.66. The Morgan fingerprint density at radius 1 is 1.20 bits per heavy atom. The molecule has 6 nitrogen and oxygen atoms in total. The molecule has 0 radical (unpaired) electrons. The second kappa shape index (κ2) is 5.88. The molecule has 25 heavy (non-hydrogen) atoms. The molecular formula is C18H13FN6. The Kier molecular flexibility index (Phi) is 3.55. The second-order valence-electron chi connectivity index (χ2n) is 5.96. The minimum atomic E-state index is -0.410. The van der Waals surface area contributed by atoms with Crippen LogP contribution in [0.5, 0.6) is 0 Å². The maximum absolute atomic E-state index is 13.8. The lowest BCUT2D eigenvalue weighted by Crippen LogP contribution is -2.24. The Labute approximate surface area is 143 Å². The molecule has 1 fully saturated rings. The van der Waals surface area contributed by atoms with E-state index in [1.165, 1.54) is 18.3 Å². The molecule has 2 aromatic heterocycles. The van der Waals surface area contributed by atoms with Crippen LogP contribution >= 0.6 is 0 Å². The fourth-order valence-electron chi connectivity index (χ4n) is 3.35. The van der Waals surface area contributed by atoms with Crippen molar-refractivity contribution in [3.05, 3.63) is 59.2 Å². The van der Waals surface area contributed by atoms with Gasteiger partial charge in [0.15, 0.2) is 5.65 Å². The summed E-state index contributed by atoms with van der Waals surface area (Å²) in [7, 11) is 0. The fourth-order valence-corrected chi connectivity index (χ4v) is 3.35. The first-order chi connectivity index (χ1) is 12.2. The quantitative estimate of drug-likeness (QED) is 0.720. The van der Waals surface area contributed by atoms with Crippen molar-refractivity contribution in [2.45, 2.75) is 18.9 Å². The molecule has 4 rings (SSSR count). The number of hydrogen-bond donors (Lipinski definition) is 0. The topological polar surface area (TPSA) is 81.0 Å². The van der Waals surface area contributed by atoms with Crippen LogP contribution in [0.15, 0.2) is 36.7 Å². The monoisotopic (exact) mass is 332 g/mol. The van der Waals surface area contributed by atoms with E-state index in [2.05, 4.69) is 21.1 Å². The maximum Gasteiger partial charge on any atom is 0.175 e. The highest BCUT2D eigenvalue weighted by atomic mass is 19.1. The zero-order valence-corrected chi connectivity index (χ0v) is 13.2. The first kappa shape index (κ1) is 15.1. The van der Waals surface area contributed by atoms with Crippen LogP contribution in [-0.4, -0.2) is 21.1 Å². The Hall–Kier alpha value is -3.45. The van der Waals surface area contributed by atoms with Crippen molar-refractivity contribution < 1.29 is 4.39 Å². The third-order valence-corrected chi connectivity index (χ3v) is 4.46. The van der Waals surface area contributed by atoms with Crippen LogP contribution in [0, 0.1) is 28.5 Å². The van der Waals surface area contributed by atoms with E-state index in [0.29, 0.717) is 16.8 Å². The summed E-state index contributed by atoms with van der Waals surface area (Å²) >= 11 is 0. The average molecular weight is 332 g/mol. The van der Waals surface area contributed by atoms with Gasteiger partial charge in [0.1, 0.15) is 23.3 Å². The number of nitriles is 2. The number of halogens is 1. The van der Waals surface area contributed by atoms with Gasteiger partial charge in [-0.15, -0.1) is 0 Å². The molecule has 1 aliphatic rings. The molecule has 0 aliphatic carbocycles. The molecule has 0 unspecified atom stereocenters. The molecule has 3 aromatic rings. The molecule has 122 valence electrons. The fraction of sp³-hybridized carbons (Fsp3) is 0.222. The Balaban J connectivity index is 1.76. The number of anilines is 1. The van der Waals surface area contributed by atoms with E-state index in [1.54, 1.807) is 16.8 Å². The van der Waals surface area contributed by atoms with Gasteiger partial charge in [-0.25, -0.2) is 13.9 Å². The van der Waals surface area contributed by atoms with Crippen molar-refractivity contribution in [2.75, 3.05) is 11.4 Å². The van der Waals surface area contributed by atoms with E-state index in [-0.39, 0.29) is 6.04 Å². The summed E-state index contributed by atoms with van der Waals surface area (Å²) in [5.74, 6) is 0.307. The Morgan fingerprint density at radius 3 is 2.88 bits per heavy atom. The SMILES string of the molecule is N#Cc1cc(F)cc([C@H]2CCCN2c2ccn3ncc(C#N)c3n2)c1. The number of aromatic nitrogens is 3. The second-order valence-corrected chi connectivity index (χ2v) is 5.96. The molecule has 0 N–H and O–H groups in total. The minimum absolute atomic E-state index is 0.0498. The van der Waals surface area contributed by atoms with E-state index in [9.17, 15) is 4.39 Å². The predicted molar refractivity (Wildman–Crippen MR) is 88.1 cm³/mol. The summed E-state index contributed by atoms with van der Waals surface area (Å²) in [6.07, 6.45) is 5.05. The predicted octanol–water partition coefficient (Wildman–Crippen LogP) is 2.95. The first-order valence-corrected chi connectivity index (χ1v) is 7.91. The minimum Gasteiger partial charge on any atom is -0.349 e. The van der Waals surface area contributed by atoms with Gasteiger partial charge >= 0.3 is 0 Å². The number of rotatable bonds is 2. The van der Waals surface area contributed by atoms with Gasteiger partial charge in [-0.3, -0.25) is 0 Å². The summed E-state index contributed by atoms with van der Waals surface area (Å²) < 4.78 is 15.4. The van der Waals surface area contributed by atoms with E-state index >= 15 is 0 Å². The Bertz CT molecular complexity index is 1040. The van der Waals surface area contributed by atoms with Crippen LogP contribution in [-0.2, 0) is 0 Å². The number of fused-ring (bicyclic) bond motifs is 1. The summed E-state index contributed by atoms with van der Waals surface area (Å²) in [6.45, 7) is 0.780. The lowest BCUT2D eigenvalue weighted by atomic mass is 10.0. The number of nitrogens with zero attached hydrogens (tertiary/aromatic N) is 6. The largest absolute Gasteiger partial charge is 0.349 e. The average Bonchev–Trinajstić information content (AvgIpc) is 3.27. The molecule has 3 heterocycles. The molecule has 0 amide bonds. The van der Waals surface area contributed by atoms with E-state index < -0.39 is 5.82 Å². The van der Waals surface area contributed by atoms with Crippen molar-refractivity contribution in [2.24, 2.45) is 0 Å². The molecule has 1 atom stereocenters. The van der Waals surface area contributed by atoms with E-state index in [4.69, 9.17) is 10.5 Å². The normalized spacial score (nSPS) is 16.8. The summed E-state index contributed by atoms with van der Waals surface area (Å²) in [6, 6.07) is 10.3. The van der Waals surface area contributed by atoms with Gasteiger partial charge in [0.05, 0.1) is 23.9 Å². The molecule has 1 aromatic carbocycles. The zero-order chi connectivity index (χ0) is 17.4. The molecule has 0 spiro atoms. The highest BCUT2D eigenvalue weighted by Crippen LogP contribution is 2.36. The standard InChI is InChI=1S/C18H13FN6/c19-15-7-12(9-20)6-13(8-15)16-2-1-4-24(16)17-3-5-25-18(23-17)14(10-21)11-22-25/h3,5-8,11,16H,1-2,4H2/t16-/m1/s1. The van der Waals surface area contributed by atoms with Crippen LogP contribution in [0.3, 0.4) is 0 Å². The highest BCUT2D eigenvalue weighted by Gasteiger charge is 2.28. The van der Waals surface area contributed by atoms with E-state index in [0.717, 1.165) is 30.8 Å². The van der Waals surface area contributed by atoms with Crippen LogP contribution < -0.4 is 4.90 Å². The van der Waals surface area contributed by atoms with Gasteiger partial charge in [-0.2, -0.15) is 15.6 Å². The molecule has 7 heteroatoms. The van der Waals surface area contributed by atoms with Gasteiger partial charge in [0.25, 0.3) is 0 Å². The molecular weight excluding hydrogens is 319 g/mol. The Morgan fingerprint density at radius 2 is 2.08 bits per heavy atom. The van der Waals surface area contributed by atoms with Crippen molar-refractivity contribution >= 4 is 11.5 Å². The van der Waals surface area contributed by atoms with Crippen LogP contribution in [0.4, 0.5) is 10.2 Å². The third-order valence-electron chi connectivity index (χ3n) is 4.46. The van der Waals surface area contributed by atoms with Crippen LogP contribution in [0.25, 0.3) is 5.65 Å². The van der Waals surface area contributed by atoms with Crippen molar-refractivity contribution in [1.82, 2.24) is 14.6 Å². The maximum atomic E-state index is 13.8. The van der Waals surface area contributed by atoms with Crippen molar-refractivity contribution in [1.29, 1.82) is 10.5 Å². The molecule has 0 saturated carbocycles. The third kappa shape index (κ3) is 2.56. The van der Waals surface area contributed by atoms with Gasteiger partial charge in [-0.05, 0) is 42.7 Å². The lowest BCUT2D eigenvalue weighted by Gasteiger charge is -2.26. The van der Waals surface area contributed by atoms with E-state index in [1.807, 2.05) is 12.1 Å². The highest BCUT2D eigenvalue weighted by molar-refractivity contribution is 5.58. The molecule has 0 bridgehead atoms. The van der Waals surface area contributed by atoms with Crippen molar-refractivity contribution in [3.63, 3.8) is 0 Å². The number of benzene rings is 1. The van der Waals surface area contributed by atoms with Gasteiger partial charge in [0.2, 0.25) is 0 Å². The van der Waals surface area contributed by atoms with Crippen LogP contribution in [0.1, 0.15) is 35.6 Å². The summed E-state index contributed by atoms with van der Waals surface area (Å²) in [5, 5.41) is 22.3. The zero-order valence-electron chi connectivity index (χ0n) is 13.2. The lowest BCUT2D eigenvalue weighted by molar-refractivity contribution is 0.617. The van der Waals surface area contributed by atoms with Crippen molar-refractivity contribution in [3.8, 4) is 12.1 Å². The molecule has 1 aliphatic heterocycles. The van der Waals surface area contributed by atoms with Gasteiger partial charge in [-0.1, -0.05) is 0 Å².